The molecule has 33 heavy (non-hydrogen) atoms. The van der Waals surface area contributed by atoms with E-state index < -0.39 is 58.7 Å². The Labute approximate surface area is 182 Å². The first-order chi connectivity index (χ1) is 15.2. The van der Waals surface area contributed by atoms with Crippen molar-refractivity contribution < 1.29 is 41.0 Å². The van der Waals surface area contributed by atoms with E-state index in [1.54, 1.807) is 0 Å². The number of hydrogen-bond donors (Lipinski definition) is 2. The van der Waals surface area contributed by atoms with Crippen molar-refractivity contribution in [2.24, 2.45) is 12.5 Å². The normalized spacial score (nSPS) is 32.7. The quantitative estimate of drug-likeness (QED) is 0.666. The summed E-state index contributed by atoms with van der Waals surface area (Å²) < 4.78 is 87.4. The van der Waals surface area contributed by atoms with Gasteiger partial charge in [-0.2, -0.15) is 31.4 Å². The molecule has 1 saturated carbocycles. The summed E-state index contributed by atoms with van der Waals surface area (Å²) in [5.74, 6) is -1.17. The van der Waals surface area contributed by atoms with Gasteiger partial charge in [-0.05, 0) is 25.5 Å². The highest BCUT2D eigenvalue weighted by Crippen LogP contribution is 2.78. The molecule has 7 nitrogen and oxygen atoms in total. The zero-order valence-corrected chi connectivity index (χ0v) is 17.3. The number of hydrogen-bond acceptors (Lipinski definition) is 5. The lowest BCUT2D eigenvalue weighted by molar-refractivity contribution is -0.143. The second-order valence-electron chi connectivity index (χ2n) is 8.86. The molecule has 0 radical (unpaired) electrons. The summed E-state index contributed by atoms with van der Waals surface area (Å²) in [6.07, 6.45) is -11.4. The molecule has 1 aliphatic carbocycles. The lowest BCUT2D eigenvalue weighted by atomic mass is 9.73. The van der Waals surface area contributed by atoms with E-state index >= 15 is 0 Å². The Bertz CT molecular complexity index is 1160. The number of nitrogens with one attached hydrogen (secondary N) is 1. The van der Waals surface area contributed by atoms with Crippen LogP contribution in [0.2, 0.25) is 0 Å². The van der Waals surface area contributed by atoms with Crippen molar-refractivity contribution >= 4 is 11.7 Å². The van der Waals surface area contributed by atoms with Gasteiger partial charge in [0.05, 0.1) is 29.3 Å². The molecule has 5 atom stereocenters. The summed E-state index contributed by atoms with van der Waals surface area (Å²) in [4.78, 5) is 17.3. The van der Waals surface area contributed by atoms with Gasteiger partial charge in [-0.15, -0.1) is 0 Å². The van der Waals surface area contributed by atoms with Gasteiger partial charge < -0.3 is 15.2 Å². The largest absolute Gasteiger partial charge is 0.435 e. The average Bonchev–Trinajstić information content (AvgIpc) is 2.90. The van der Waals surface area contributed by atoms with Crippen molar-refractivity contribution in [1.29, 1.82) is 0 Å². The predicted molar refractivity (Wildman–Crippen MR) is 98.8 cm³/mol. The molecule has 5 rings (SSSR count). The van der Waals surface area contributed by atoms with Crippen LogP contribution in [0, 0.1) is 12.3 Å². The summed E-state index contributed by atoms with van der Waals surface area (Å²) in [6.45, 7) is 1.33. The van der Waals surface area contributed by atoms with Crippen molar-refractivity contribution in [2.75, 3.05) is 5.32 Å². The number of amides is 1. The van der Waals surface area contributed by atoms with Crippen LogP contribution >= 0.6 is 0 Å². The van der Waals surface area contributed by atoms with Crippen LogP contribution in [0.3, 0.4) is 0 Å². The average molecular weight is 476 g/mol. The van der Waals surface area contributed by atoms with Gasteiger partial charge in [0, 0.05) is 36.3 Å². The first kappa shape index (κ1) is 22.1. The van der Waals surface area contributed by atoms with Crippen LogP contribution in [0.25, 0.3) is 0 Å². The molecule has 3 aliphatic rings. The Morgan fingerprint density at radius 2 is 1.94 bits per heavy atom. The molecule has 3 fully saturated rings. The lowest BCUT2D eigenvalue weighted by Crippen LogP contribution is -2.45. The minimum atomic E-state index is -4.82. The molecule has 0 spiro atoms. The van der Waals surface area contributed by atoms with Gasteiger partial charge in [-0.25, -0.2) is 4.98 Å². The maximum atomic E-state index is 13.7. The van der Waals surface area contributed by atoms with Crippen LogP contribution in [0.5, 0.6) is 0 Å². The number of carbonyl (C=O) groups excluding carboxylic acids is 1. The monoisotopic (exact) mass is 476 g/mol. The summed E-state index contributed by atoms with van der Waals surface area (Å²) in [6, 6.07) is 1.48. The number of aromatic nitrogens is 3. The van der Waals surface area contributed by atoms with E-state index in [-0.39, 0.29) is 29.9 Å². The van der Waals surface area contributed by atoms with Gasteiger partial charge in [0.1, 0.15) is 5.82 Å². The smallest absolute Gasteiger partial charge is 0.390 e. The third-order valence-electron chi connectivity index (χ3n) is 6.89. The number of aryl methyl sites for hydroxylation is 2. The van der Waals surface area contributed by atoms with Crippen LogP contribution in [-0.2, 0) is 34.3 Å². The number of anilines is 1. The highest BCUT2D eigenvalue weighted by Gasteiger charge is 2.88. The van der Waals surface area contributed by atoms with E-state index in [9.17, 15) is 36.2 Å². The van der Waals surface area contributed by atoms with Crippen molar-refractivity contribution in [2.45, 2.75) is 55.8 Å². The Balaban J connectivity index is 1.56. The zero-order chi connectivity index (χ0) is 24.1. The van der Waals surface area contributed by atoms with E-state index in [2.05, 4.69) is 15.4 Å². The van der Waals surface area contributed by atoms with Gasteiger partial charge in [-0.1, -0.05) is 0 Å². The maximum absolute atomic E-state index is 13.7. The SMILES string of the molecule is Cc1cc(C(F)(F)F)cc(NC(=O)[C@]23C[C@@]2(c2cn(C)nc2C(F)(F)F)[C@H]2O[C@@H]3C[C@@H]2O)n1. The van der Waals surface area contributed by atoms with Gasteiger partial charge in [0.15, 0.2) is 5.69 Å². The van der Waals surface area contributed by atoms with Crippen molar-refractivity contribution in [1.82, 2.24) is 14.8 Å². The Kier molecular flexibility index (Phi) is 4.34. The third kappa shape index (κ3) is 2.94. The van der Waals surface area contributed by atoms with Crippen LogP contribution in [-0.4, -0.2) is 44.1 Å². The number of fused-ring (bicyclic) bond motifs is 5. The Morgan fingerprint density at radius 3 is 2.58 bits per heavy atom. The standard InChI is InChI=1S/C20H18F6N4O3/c1-8-3-9(19(21,22)23)4-13(27-8)28-16(32)18-7-17(18,15-11(31)5-12(18)33-15)10-6-30(2)29-14(10)20(24,25)26/h3-4,6,11-12,15,31H,5,7H2,1-2H3,(H,27,28,32)/t11-,12+,15-,17+,18+/m0/s1. The summed E-state index contributed by atoms with van der Waals surface area (Å²) in [5.41, 5.74) is -5.47. The summed E-state index contributed by atoms with van der Waals surface area (Å²) >= 11 is 0. The van der Waals surface area contributed by atoms with E-state index in [4.69, 9.17) is 4.74 Å². The first-order valence-corrected chi connectivity index (χ1v) is 10.0. The molecular weight excluding hydrogens is 458 g/mol. The molecule has 178 valence electrons. The molecule has 13 heteroatoms. The van der Waals surface area contributed by atoms with E-state index in [1.165, 1.54) is 14.0 Å². The number of alkyl halides is 6. The third-order valence-corrected chi connectivity index (χ3v) is 6.89. The molecule has 2 aromatic heterocycles. The minimum absolute atomic E-state index is 0.00548. The molecule has 1 amide bonds. The van der Waals surface area contributed by atoms with Crippen LogP contribution in [0.4, 0.5) is 32.2 Å². The molecule has 0 unspecified atom stereocenters. The van der Waals surface area contributed by atoms with Crippen LogP contribution in [0.1, 0.15) is 35.4 Å². The number of nitrogens with zero attached hydrogens (tertiary/aromatic N) is 3. The lowest BCUT2D eigenvalue weighted by Gasteiger charge is -2.29. The van der Waals surface area contributed by atoms with Gasteiger partial charge >= 0.3 is 12.4 Å². The van der Waals surface area contributed by atoms with E-state index in [1.807, 2.05) is 0 Å². The van der Waals surface area contributed by atoms with Gasteiger partial charge in [0.2, 0.25) is 5.91 Å². The number of aliphatic hydroxyl groups excluding tert-OH is 1. The fourth-order valence-electron chi connectivity index (χ4n) is 5.65. The van der Waals surface area contributed by atoms with Crippen molar-refractivity contribution in [3.05, 3.63) is 40.8 Å². The van der Waals surface area contributed by atoms with Gasteiger partial charge in [0.25, 0.3) is 0 Å². The minimum Gasteiger partial charge on any atom is -0.390 e. The predicted octanol–water partition coefficient (Wildman–Crippen LogP) is 2.96. The first-order valence-electron chi connectivity index (χ1n) is 10.0. The second-order valence-corrected chi connectivity index (χ2v) is 8.86. The number of halogens is 6. The Hall–Kier alpha value is -2.67. The summed E-state index contributed by atoms with van der Waals surface area (Å²) in [5, 5.41) is 16.3. The molecular formula is C20H18F6N4O3. The molecule has 0 aromatic carbocycles. The van der Waals surface area contributed by atoms with E-state index in [0.717, 1.165) is 16.9 Å². The fraction of sp³-hybridized carbons (Fsp3) is 0.550. The molecule has 4 heterocycles. The highest BCUT2D eigenvalue weighted by atomic mass is 19.4. The van der Waals surface area contributed by atoms with Crippen LogP contribution in [0.15, 0.2) is 18.3 Å². The molecule has 2 aliphatic heterocycles. The topological polar surface area (TPSA) is 89.3 Å². The zero-order valence-electron chi connectivity index (χ0n) is 17.3. The molecule has 2 aromatic rings. The van der Waals surface area contributed by atoms with Crippen molar-refractivity contribution in [3.63, 3.8) is 0 Å². The number of pyridine rings is 1. The van der Waals surface area contributed by atoms with Crippen LogP contribution < -0.4 is 5.32 Å². The molecule has 2 N–H and O–H groups in total. The summed E-state index contributed by atoms with van der Waals surface area (Å²) in [7, 11) is 1.30. The fourth-order valence-corrected chi connectivity index (χ4v) is 5.65. The maximum Gasteiger partial charge on any atom is 0.435 e. The number of ether oxygens (including phenoxy) is 1. The number of rotatable bonds is 3. The van der Waals surface area contributed by atoms with E-state index in [0.29, 0.717) is 6.07 Å². The molecule has 2 saturated heterocycles. The Morgan fingerprint density at radius 1 is 1.24 bits per heavy atom. The van der Waals surface area contributed by atoms with Gasteiger partial charge in [-0.3, -0.25) is 9.48 Å². The number of aliphatic hydroxyl groups is 1. The molecule has 2 bridgehead atoms. The van der Waals surface area contributed by atoms with Crippen molar-refractivity contribution in [3.8, 4) is 0 Å². The highest BCUT2D eigenvalue weighted by molar-refractivity contribution is 6.00. The number of carbonyl (C=O) groups is 1. The second kappa shape index (κ2) is 6.47.